The van der Waals surface area contributed by atoms with Crippen molar-refractivity contribution in [2.24, 2.45) is 0 Å². The van der Waals surface area contributed by atoms with Gasteiger partial charge in [0.15, 0.2) is 11.5 Å². The zero-order valence-electron chi connectivity index (χ0n) is 17.0. The van der Waals surface area contributed by atoms with Crippen molar-refractivity contribution in [1.82, 2.24) is 10.3 Å². The van der Waals surface area contributed by atoms with E-state index >= 15 is 0 Å². The molecule has 0 aliphatic carbocycles. The molecule has 0 saturated carbocycles. The van der Waals surface area contributed by atoms with Crippen molar-refractivity contribution in [2.45, 2.75) is 32.7 Å². The summed E-state index contributed by atoms with van der Waals surface area (Å²) in [5.74, 6) is 2.09. The highest BCUT2D eigenvalue weighted by Crippen LogP contribution is 2.28. The first kappa shape index (κ1) is 20.4. The van der Waals surface area contributed by atoms with Gasteiger partial charge in [0.25, 0.3) is 0 Å². The lowest BCUT2D eigenvalue weighted by Gasteiger charge is -2.09. The van der Waals surface area contributed by atoms with Crippen LogP contribution in [0.2, 0.25) is 0 Å². The van der Waals surface area contributed by atoms with E-state index in [0.29, 0.717) is 5.92 Å². The summed E-state index contributed by atoms with van der Waals surface area (Å²) in [6, 6.07) is 14.9. The average molecular weight is 397 g/mol. The molecule has 148 valence electrons. The van der Waals surface area contributed by atoms with Crippen LogP contribution in [0.1, 0.15) is 35.9 Å². The number of methoxy groups -OCH3 is 2. The molecule has 3 aromatic rings. The lowest BCUT2D eigenvalue weighted by atomic mass is 10.0. The fourth-order valence-corrected chi connectivity index (χ4v) is 3.91. The lowest BCUT2D eigenvalue weighted by molar-refractivity contribution is 0.354. The standard InChI is InChI=1S/C23H28N2O2S/c1-16(2)18-6-8-19(9-7-18)22-14-25-23(28-22)15-24-12-11-17-5-10-20(26-3)21(13-17)27-4/h5-10,13-14,16,24H,11-12,15H2,1-4H3. The van der Waals surface area contributed by atoms with Crippen molar-refractivity contribution < 1.29 is 9.47 Å². The molecule has 0 fully saturated rings. The molecule has 4 nitrogen and oxygen atoms in total. The Morgan fingerprint density at radius 2 is 1.75 bits per heavy atom. The third kappa shape index (κ3) is 5.12. The molecule has 1 N–H and O–H groups in total. The predicted octanol–water partition coefficient (Wildman–Crippen LogP) is 5.28. The molecule has 0 bridgehead atoms. The topological polar surface area (TPSA) is 43.4 Å². The highest BCUT2D eigenvalue weighted by molar-refractivity contribution is 7.15. The van der Waals surface area contributed by atoms with Crippen LogP contribution in [0.5, 0.6) is 11.5 Å². The van der Waals surface area contributed by atoms with E-state index in [1.807, 2.05) is 18.3 Å². The van der Waals surface area contributed by atoms with Crippen molar-refractivity contribution in [1.29, 1.82) is 0 Å². The van der Waals surface area contributed by atoms with Gasteiger partial charge in [0.05, 0.1) is 19.1 Å². The molecule has 0 radical (unpaired) electrons. The molecule has 0 spiro atoms. The molecule has 0 saturated heterocycles. The lowest BCUT2D eigenvalue weighted by Crippen LogP contribution is -2.16. The highest BCUT2D eigenvalue weighted by atomic mass is 32.1. The Balaban J connectivity index is 1.51. The fourth-order valence-electron chi connectivity index (χ4n) is 3.02. The first-order valence-electron chi connectivity index (χ1n) is 9.57. The van der Waals surface area contributed by atoms with Gasteiger partial charge in [0.2, 0.25) is 0 Å². The number of benzene rings is 2. The van der Waals surface area contributed by atoms with Gasteiger partial charge in [-0.3, -0.25) is 0 Å². The fraction of sp³-hybridized carbons (Fsp3) is 0.348. The van der Waals surface area contributed by atoms with Crippen LogP contribution in [-0.4, -0.2) is 25.7 Å². The van der Waals surface area contributed by atoms with E-state index in [1.165, 1.54) is 21.6 Å². The highest BCUT2D eigenvalue weighted by Gasteiger charge is 2.07. The molecular weight excluding hydrogens is 368 g/mol. The van der Waals surface area contributed by atoms with E-state index in [4.69, 9.17) is 9.47 Å². The minimum atomic E-state index is 0.556. The summed E-state index contributed by atoms with van der Waals surface area (Å²) in [6.45, 7) is 6.09. The van der Waals surface area contributed by atoms with Crippen LogP contribution in [0.4, 0.5) is 0 Å². The molecule has 0 amide bonds. The van der Waals surface area contributed by atoms with E-state index in [0.717, 1.165) is 36.0 Å². The van der Waals surface area contributed by atoms with E-state index in [2.05, 4.69) is 54.5 Å². The van der Waals surface area contributed by atoms with Crippen LogP contribution in [0.15, 0.2) is 48.7 Å². The van der Waals surface area contributed by atoms with Crippen molar-refractivity contribution in [2.75, 3.05) is 20.8 Å². The maximum Gasteiger partial charge on any atom is 0.160 e. The summed E-state index contributed by atoms with van der Waals surface area (Å²) in [7, 11) is 3.32. The number of ether oxygens (including phenoxy) is 2. The molecule has 0 unspecified atom stereocenters. The Hall–Kier alpha value is -2.37. The molecule has 0 aliphatic heterocycles. The van der Waals surface area contributed by atoms with Gasteiger partial charge in [-0.25, -0.2) is 4.98 Å². The Bertz CT molecular complexity index is 888. The quantitative estimate of drug-likeness (QED) is 0.500. The Morgan fingerprint density at radius 1 is 1.00 bits per heavy atom. The number of nitrogens with one attached hydrogen (secondary N) is 1. The molecule has 0 atom stereocenters. The van der Waals surface area contributed by atoms with Gasteiger partial charge in [-0.2, -0.15) is 0 Å². The second kappa shape index (κ2) is 9.71. The molecule has 0 aliphatic rings. The number of hydrogen-bond donors (Lipinski definition) is 1. The Labute approximate surface area is 171 Å². The smallest absolute Gasteiger partial charge is 0.160 e. The first-order valence-corrected chi connectivity index (χ1v) is 10.4. The van der Waals surface area contributed by atoms with Gasteiger partial charge in [-0.15, -0.1) is 11.3 Å². The van der Waals surface area contributed by atoms with Gasteiger partial charge >= 0.3 is 0 Å². The summed E-state index contributed by atoms with van der Waals surface area (Å²) in [4.78, 5) is 5.78. The number of thiazole rings is 1. The largest absolute Gasteiger partial charge is 0.493 e. The van der Waals surface area contributed by atoms with E-state index in [9.17, 15) is 0 Å². The molecule has 28 heavy (non-hydrogen) atoms. The minimum Gasteiger partial charge on any atom is -0.493 e. The van der Waals surface area contributed by atoms with Crippen LogP contribution in [-0.2, 0) is 13.0 Å². The van der Waals surface area contributed by atoms with Crippen LogP contribution >= 0.6 is 11.3 Å². The monoisotopic (exact) mass is 396 g/mol. The predicted molar refractivity (Wildman–Crippen MR) is 117 cm³/mol. The first-order chi connectivity index (χ1) is 13.6. The zero-order chi connectivity index (χ0) is 19.9. The molecule has 5 heteroatoms. The van der Waals surface area contributed by atoms with Crippen molar-refractivity contribution in [3.05, 3.63) is 64.8 Å². The normalized spacial score (nSPS) is 11.0. The van der Waals surface area contributed by atoms with E-state index < -0.39 is 0 Å². The number of nitrogens with zero attached hydrogens (tertiary/aromatic N) is 1. The zero-order valence-corrected chi connectivity index (χ0v) is 17.8. The van der Waals surface area contributed by atoms with Crippen LogP contribution < -0.4 is 14.8 Å². The van der Waals surface area contributed by atoms with Crippen LogP contribution in [0.25, 0.3) is 10.4 Å². The molecule has 2 aromatic carbocycles. The van der Waals surface area contributed by atoms with E-state index in [-0.39, 0.29) is 0 Å². The second-order valence-electron chi connectivity index (χ2n) is 7.01. The average Bonchev–Trinajstić information content (AvgIpc) is 3.20. The third-order valence-corrected chi connectivity index (χ3v) is 5.78. The number of aromatic nitrogens is 1. The minimum absolute atomic E-state index is 0.556. The van der Waals surface area contributed by atoms with Gasteiger partial charge < -0.3 is 14.8 Å². The van der Waals surface area contributed by atoms with Gasteiger partial charge in [0.1, 0.15) is 5.01 Å². The van der Waals surface area contributed by atoms with Crippen molar-refractivity contribution in [3.63, 3.8) is 0 Å². The van der Waals surface area contributed by atoms with Crippen LogP contribution in [0.3, 0.4) is 0 Å². The summed E-state index contributed by atoms with van der Waals surface area (Å²) in [5, 5.41) is 4.59. The summed E-state index contributed by atoms with van der Waals surface area (Å²) in [6.07, 6.45) is 2.90. The third-order valence-electron chi connectivity index (χ3n) is 4.73. The molecule has 1 heterocycles. The number of hydrogen-bond acceptors (Lipinski definition) is 5. The molecule has 1 aromatic heterocycles. The van der Waals surface area contributed by atoms with E-state index in [1.54, 1.807) is 25.6 Å². The van der Waals surface area contributed by atoms with Gasteiger partial charge in [-0.1, -0.05) is 44.2 Å². The van der Waals surface area contributed by atoms with Gasteiger partial charge in [-0.05, 0) is 47.7 Å². The van der Waals surface area contributed by atoms with Crippen molar-refractivity contribution in [3.8, 4) is 21.9 Å². The second-order valence-corrected chi connectivity index (χ2v) is 8.13. The van der Waals surface area contributed by atoms with Crippen molar-refractivity contribution >= 4 is 11.3 Å². The molecular formula is C23H28N2O2S. The maximum absolute atomic E-state index is 5.36. The number of rotatable bonds is 9. The maximum atomic E-state index is 5.36. The SMILES string of the molecule is COc1ccc(CCNCc2ncc(-c3ccc(C(C)C)cc3)s2)cc1OC. The Morgan fingerprint density at radius 3 is 2.43 bits per heavy atom. The molecule has 3 rings (SSSR count). The van der Waals surface area contributed by atoms with Crippen LogP contribution in [0, 0.1) is 0 Å². The summed E-state index contributed by atoms with van der Waals surface area (Å²) in [5.41, 5.74) is 3.82. The Kier molecular flexibility index (Phi) is 7.06. The summed E-state index contributed by atoms with van der Waals surface area (Å²) < 4.78 is 10.6. The summed E-state index contributed by atoms with van der Waals surface area (Å²) >= 11 is 1.75. The van der Waals surface area contributed by atoms with Gasteiger partial charge in [0, 0.05) is 12.7 Å².